The van der Waals surface area contributed by atoms with E-state index in [0.29, 0.717) is 11.8 Å². The Bertz CT molecular complexity index is 509. The molecule has 1 aliphatic rings. The summed E-state index contributed by atoms with van der Waals surface area (Å²) >= 11 is 0. The van der Waals surface area contributed by atoms with Gasteiger partial charge in [-0.2, -0.15) is 0 Å². The van der Waals surface area contributed by atoms with Gasteiger partial charge in [-0.1, -0.05) is 64.1 Å². The zero-order valence-corrected chi connectivity index (χ0v) is 12.8. The van der Waals surface area contributed by atoms with Gasteiger partial charge in [-0.25, -0.2) is 0 Å². The van der Waals surface area contributed by atoms with Crippen LogP contribution in [0.3, 0.4) is 0 Å². The summed E-state index contributed by atoms with van der Waals surface area (Å²) in [6, 6.07) is 8.59. The Morgan fingerprint density at radius 3 is 2.35 bits per heavy atom. The molecule has 0 aliphatic heterocycles. The first-order valence-electron chi connectivity index (χ1n) is 7.33. The lowest BCUT2D eigenvalue weighted by molar-refractivity contribution is -0.156. The number of carboxylic acid groups (broad SMARTS) is 1. The van der Waals surface area contributed by atoms with Crippen LogP contribution in [0.15, 0.2) is 30.3 Å². The zero-order valence-electron chi connectivity index (χ0n) is 12.8. The molecule has 1 aliphatic carbocycles. The molecule has 0 heterocycles. The second-order valence-electron chi connectivity index (χ2n) is 6.73. The van der Waals surface area contributed by atoms with E-state index in [1.807, 2.05) is 13.8 Å². The van der Waals surface area contributed by atoms with Crippen molar-refractivity contribution in [2.75, 3.05) is 0 Å². The number of aliphatic carboxylic acids is 1. The van der Waals surface area contributed by atoms with Crippen LogP contribution in [0.2, 0.25) is 0 Å². The standard InChI is InChI=1S/C18H24O2/c1-12(2)14-8-5-13(6-9-14)7-10-15-11-16(17(19)20)18(15,3)4/h5-10,12,15-16H,11H2,1-4H3,(H,19,20). The van der Waals surface area contributed by atoms with Gasteiger partial charge in [0.05, 0.1) is 5.92 Å². The molecule has 2 unspecified atom stereocenters. The van der Waals surface area contributed by atoms with Gasteiger partial charge in [0.25, 0.3) is 0 Å². The van der Waals surface area contributed by atoms with Crippen LogP contribution in [-0.2, 0) is 4.79 Å². The normalized spacial score (nSPS) is 24.9. The van der Waals surface area contributed by atoms with Crippen molar-refractivity contribution in [1.29, 1.82) is 0 Å². The summed E-state index contributed by atoms with van der Waals surface area (Å²) < 4.78 is 0. The molecule has 2 atom stereocenters. The van der Waals surface area contributed by atoms with Crippen LogP contribution in [0.5, 0.6) is 0 Å². The summed E-state index contributed by atoms with van der Waals surface area (Å²) in [6.45, 7) is 8.47. The first-order valence-corrected chi connectivity index (χ1v) is 7.33. The maximum absolute atomic E-state index is 11.1. The SMILES string of the molecule is CC(C)c1ccc(C=CC2CC(C(=O)O)C2(C)C)cc1. The summed E-state index contributed by atoms with van der Waals surface area (Å²) in [5.41, 5.74) is 2.39. The van der Waals surface area contributed by atoms with Gasteiger partial charge in [0.2, 0.25) is 0 Å². The molecule has 1 fully saturated rings. The van der Waals surface area contributed by atoms with E-state index in [-0.39, 0.29) is 11.3 Å². The number of allylic oxidation sites excluding steroid dienone is 1. The fourth-order valence-corrected chi connectivity index (χ4v) is 2.92. The van der Waals surface area contributed by atoms with Crippen LogP contribution in [0.4, 0.5) is 0 Å². The highest BCUT2D eigenvalue weighted by molar-refractivity contribution is 5.72. The molecule has 1 aromatic rings. The predicted octanol–water partition coefficient (Wildman–Crippen LogP) is 4.57. The maximum atomic E-state index is 11.1. The number of carboxylic acids is 1. The largest absolute Gasteiger partial charge is 0.481 e. The lowest BCUT2D eigenvalue weighted by Crippen LogP contribution is -2.47. The van der Waals surface area contributed by atoms with Crippen LogP contribution in [0.25, 0.3) is 6.08 Å². The molecule has 0 spiro atoms. The number of carbonyl (C=O) groups is 1. The maximum Gasteiger partial charge on any atom is 0.307 e. The highest BCUT2D eigenvalue weighted by Gasteiger charge is 2.50. The smallest absolute Gasteiger partial charge is 0.307 e. The molecule has 0 aromatic heterocycles. The molecular formula is C18H24O2. The van der Waals surface area contributed by atoms with E-state index < -0.39 is 5.97 Å². The predicted molar refractivity (Wildman–Crippen MR) is 82.6 cm³/mol. The van der Waals surface area contributed by atoms with Crippen molar-refractivity contribution in [3.8, 4) is 0 Å². The molecule has 2 nitrogen and oxygen atoms in total. The van der Waals surface area contributed by atoms with E-state index in [2.05, 4.69) is 50.3 Å². The Labute approximate surface area is 121 Å². The average Bonchev–Trinajstić information content (AvgIpc) is 2.37. The van der Waals surface area contributed by atoms with E-state index in [1.54, 1.807) is 0 Å². The first kappa shape index (κ1) is 14.8. The summed E-state index contributed by atoms with van der Waals surface area (Å²) in [5, 5.41) is 9.13. The average molecular weight is 272 g/mol. The van der Waals surface area contributed by atoms with Gasteiger partial charge in [-0.15, -0.1) is 0 Å². The molecule has 1 saturated carbocycles. The molecule has 108 valence electrons. The molecule has 2 heteroatoms. The molecular weight excluding hydrogens is 248 g/mol. The minimum Gasteiger partial charge on any atom is -0.481 e. The summed E-state index contributed by atoms with van der Waals surface area (Å²) in [6.07, 6.45) is 5.04. The zero-order chi connectivity index (χ0) is 14.9. The van der Waals surface area contributed by atoms with E-state index in [0.717, 1.165) is 6.42 Å². The van der Waals surface area contributed by atoms with Crippen LogP contribution >= 0.6 is 0 Å². The number of hydrogen-bond donors (Lipinski definition) is 1. The molecule has 0 amide bonds. The van der Waals surface area contributed by atoms with Crippen molar-refractivity contribution in [3.05, 3.63) is 41.5 Å². The van der Waals surface area contributed by atoms with E-state index in [1.165, 1.54) is 11.1 Å². The van der Waals surface area contributed by atoms with Gasteiger partial charge >= 0.3 is 5.97 Å². The van der Waals surface area contributed by atoms with E-state index in [9.17, 15) is 4.79 Å². The summed E-state index contributed by atoms with van der Waals surface area (Å²) in [5.74, 6) is 0.0321. The highest BCUT2D eigenvalue weighted by atomic mass is 16.4. The van der Waals surface area contributed by atoms with Crippen molar-refractivity contribution in [3.63, 3.8) is 0 Å². The van der Waals surface area contributed by atoms with Gasteiger partial charge in [0, 0.05) is 0 Å². The molecule has 2 rings (SSSR count). The molecule has 0 bridgehead atoms. The highest BCUT2D eigenvalue weighted by Crippen LogP contribution is 2.52. The van der Waals surface area contributed by atoms with Crippen LogP contribution in [0.1, 0.15) is 51.2 Å². The van der Waals surface area contributed by atoms with Crippen molar-refractivity contribution in [1.82, 2.24) is 0 Å². The Balaban J connectivity index is 2.02. The number of rotatable bonds is 4. The summed E-state index contributed by atoms with van der Waals surface area (Å²) in [7, 11) is 0. The van der Waals surface area contributed by atoms with Crippen LogP contribution < -0.4 is 0 Å². The van der Waals surface area contributed by atoms with E-state index in [4.69, 9.17) is 5.11 Å². The molecule has 20 heavy (non-hydrogen) atoms. The van der Waals surface area contributed by atoms with Gasteiger partial charge in [-0.05, 0) is 34.8 Å². The number of hydrogen-bond acceptors (Lipinski definition) is 1. The van der Waals surface area contributed by atoms with Crippen molar-refractivity contribution in [2.45, 2.75) is 40.0 Å². The fourth-order valence-electron chi connectivity index (χ4n) is 2.92. The molecule has 1 aromatic carbocycles. The second-order valence-corrected chi connectivity index (χ2v) is 6.73. The first-order chi connectivity index (χ1) is 9.32. The lowest BCUT2D eigenvalue weighted by atomic mass is 9.54. The van der Waals surface area contributed by atoms with Gasteiger partial charge < -0.3 is 5.11 Å². The van der Waals surface area contributed by atoms with Crippen molar-refractivity contribution < 1.29 is 9.90 Å². The molecule has 0 saturated heterocycles. The van der Waals surface area contributed by atoms with Crippen molar-refractivity contribution in [2.24, 2.45) is 17.3 Å². The third-order valence-corrected chi connectivity index (χ3v) is 4.77. The quantitative estimate of drug-likeness (QED) is 0.871. The number of benzene rings is 1. The summed E-state index contributed by atoms with van der Waals surface area (Å²) in [4.78, 5) is 11.1. The lowest BCUT2D eigenvalue weighted by Gasteiger charge is -2.48. The van der Waals surface area contributed by atoms with Gasteiger partial charge in [0.15, 0.2) is 0 Å². The third kappa shape index (κ3) is 2.79. The van der Waals surface area contributed by atoms with Crippen LogP contribution in [0, 0.1) is 17.3 Å². The third-order valence-electron chi connectivity index (χ3n) is 4.77. The van der Waals surface area contributed by atoms with Gasteiger partial charge in [0.1, 0.15) is 0 Å². The Morgan fingerprint density at radius 2 is 1.90 bits per heavy atom. The fraction of sp³-hybridized carbons (Fsp3) is 0.500. The Morgan fingerprint density at radius 1 is 1.30 bits per heavy atom. The van der Waals surface area contributed by atoms with E-state index >= 15 is 0 Å². The monoisotopic (exact) mass is 272 g/mol. The second kappa shape index (κ2) is 5.43. The molecule has 0 radical (unpaired) electrons. The minimum absolute atomic E-state index is 0.139. The Hall–Kier alpha value is -1.57. The van der Waals surface area contributed by atoms with Crippen LogP contribution in [-0.4, -0.2) is 11.1 Å². The topological polar surface area (TPSA) is 37.3 Å². The molecule has 1 N–H and O–H groups in total. The Kier molecular flexibility index (Phi) is 4.03. The van der Waals surface area contributed by atoms with Crippen molar-refractivity contribution >= 4 is 12.0 Å². The van der Waals surface area contributed by atoms with Gasteiger partial charge in [-0.3, -0.25) is 4.79 Å². The minimum atomic E-state index is -0.666.